The Kier molecular flexibility index (Phi) is 5.98. The third-order valence-corrected chi connectivity index (χ3v) is 8.09. The molecule has 2 fully saturated rings. The fourth-order valence-electron chi connectivity index (χ4n) is 5.15. The summed E-state index contributed by atoms with van der Waals surface area (Å²) < 4.78 is 43.7. The molecule has 2 aliphatic rings. The van der Waals surface area contributed by atoms with Gasteiger partial charge in [0.05, 0.1) is 10.6 Å². The fourth-order valence-corrected chi connectivity index (χ4v) is 5.79. The van der Waals surface area contributed by atoms with E-state index in [4.69, 9.17) is 4.52 Å². The highest BCUT2D eigenvalue weighted by atomic mass is 32.2. The van der Waals surface area contributed by atoms with Gasteiger partial charge in [0.15, 0.2) is 15.7 Å². The van der Waals surface area contributed by atoms with Gasteiger partial charge in [0.2, 0.25) is 5.89 Å². The normalized spacial score (nSPS) is 22.1. The quantitative estimate of drug-likeness (QED) is 0.523. The van der Waals surface area contributed by atoms with Crippen molar-refractivity contribution in [2.45, 2.75) is 75.3 Å². The van der Waals surface area contributed by atoms with Gasteiger partial charge in [0.25, 0.3) is 0 Å². The van der Waals surface area contributed by atoms with E-state index in [9.17, 15) is 12.8 Å². The first-order chi connectivity index (χ1) is 16.6. The second-order valence-electron chi connectivity index (χ2n) is 9.82. The highest BCUT2D eigenvalue weighted by Gasteiger charge is 2.44. The molecule has 2 aliphatic heterocycles. The molecular formula is C24H29FN6O3S. The predicted octanol–water partition coefficient (Wildman–Crippen LogP) is 4.49. The molecule has 0 saturated carbocycles. The van der Waals surface area contributed by atoms with E-state index in [0.717, 1.165) is 61.1 Å². The molecule has 4 heterocycles. The molecule has 186 valence electrons. The number of halogens is 1. The number of rotatable bonds is 6. The van der Waals surface area contributed by atoms with Gasteiger partial charge in [-0.25, -0.2) is 22.8 Å². The number of hydrogen-bond acceptors (Lipinski definition) is 9. The summed E-state index contributed by atoms with van der Waals surface area (Å²) in [7, 11) is -3.49. The van der Waals surface area contributed by atoms with Gasteiger partial charge in [-0.15, -0.1) is 0 Å². The Morgan fingerprint density at radius 3 is 2.49 bits per heavy atom. The second kappa shape index (κ2) is 8.85. The van der Waals surface area contributed by atoms with Crippen molar-refractivity contribution in [3.8, 4) is 0 Å². The molecule has 0 amide bonds. The zero-order valence-electron chi connectivity index (χ0n) is 20.2. The molecule has 5 rings (SSSR count). The van der Waals surface area contributed by atoms with Gasteiger partial charge in [0, 0.05) is 35.7 Å². The summed E-state index contributed by atoms with van der Waals surface area (Å²) >= 11 is 0. The van der Waals surface area contributed by atoms with Gasteiger partial charge in [0.1, 0.15) is 23.8 Å². The minimum Gasteiger partial charge on any atom is -0.350 e. The van der Waals surface area contributed by atoms with Crippen LogP contribution >= 0.6 is 0 Å². The molecule has 1 N–H and O–H groups in total. The number of benzene rings is 1. The molecular weight excluding hydrogens is 471 g/mol. The Morgan fingerprint density at radius 2 is 1.89 bits per heavy atom. The lowest BCUT2D eigenvalue weighted by Crippen LogP contribution is -2.43. The van der Waals surface area contributed by atoms with E-state index < -0.39 is 15.7 Å². The number of fused-ring (bicyclic) bond motifs is 2. The van der Waals surface area contributed by atoms with Gasteiger partial charge in [-0.2, -0.15) is 4.98 Å². The van der Waals surface area contributed by atoms with E-state index in [0.29, 0.717) is 17.9 Å². The number of nitrogens with one attached hydrogen (secondary N) is 1. The summed E-state index contributed by atoms with van der Waals surface area (Å²) in [5, 5.41) is 7.15. The van der Waals surface area contributed by atoms with Gasteiger partial charge in [-0.1, -0.05) is 19.0 Å². The van der Waals surface area contributed by atoms with Crippen molar-refractivity contribution in [1.29, 1.82) is 0 Å². The van der Waals surface area contributed by atoms with Crippen LogP contribution in [0, 0.1) is 12.7 Å². The van der Waals surface area contributed by atoms with Crippen LogP contribution in [0.25, 0.3) is 0 Å². The molecule has 9 nitrogen and oxygen atoms in total. The van der Waals surface area contributed by atoms with Crippen molar-refractivity contribution in [2.75, 3.05) is 16.5 Å². The predicted molar refractivity (Wildman–Crippen MR) is 129 cm³/mol. The van der Waals surface area contributed by atoms with Crippen molar-refractivity contribution in [3.05, 3.63) is 47.6 Å². The smallest absolute Gasteiger partial charge is 0.229 e. The van der Waals surface area contributed by atoms with E-state index >= 15 is 0 Å². The Morgan fingerprint density at radius 1 is 1.17 bits per heavy atom. The number of anilines is 3. The first kappa shape index (κ1) is 23.7. The maximum absolute atomic E-state index is 14.6. The first-order valence-electron chi connectivity index (χ1n) is 11.8. The van der Waals surface area contributed by atoms with Gasteiger partial charge < -0.3 is 14.7 Å². The molecule has 0 radical (unpaired) electrons. The van der Waals surface area contributed by atoms with E-state index in [1.54, 1.807) is 0 Å². The van der Waals surface area contributed by atoms with Crippen molar-refractivity contribution in [3.63, 3.8) is 0 Å². The van der Waals surface area contributed by atoms with E-state index in [1.807, 2.05) is 6.92 Å². The van der Waals surface area contributed by atoms with Gasteiger partial charge >= 0.3 is 0 Å². The Labute approximate surface area is 204 Å². The summed E-state index contributed by atoms with van der Waals surface area (Å²) in [6.07, 6.45) is 6.45. The lowest BCUT2D eigenvalue weighted by molar-refractivity contribution is 0.304. The molecule has 2 atom stereocenters. The number of piperidine rings is 1. The second-order valence-corrected chi connectivity index (χ2v) is 11.8. The maximum atomic E-state index is 14.6. The van der Waals surface area contributed by atoms with Crippen LogP contribution in [0.2, 0.25) is 0 Å². The minimum atomic E-state index is -3.49. The lowest BCUT2D eigenvalue weighted by Gasteiger charge is -2.39. The largest absolute Gasteiger partial charge is 0.350 e. The molecule has 11 heteroatoms. The van der Waals surface area contributed by atoms with E-state index in [-0.39, 0.29) is 22.4 Å². The average Bonchev–Trinajstić information content (AvgIpc) is 3.39. The third kappa shape index (κ3) is 4.49. The van der Waals surface area contributed by atoms with Crippen LogP contribution in [0.3, 0.4) is 0 Å². The summed E-state index contributed by atoms with van der Waals surface area (Å²) in [4.78, 5) is 15.8. The van der Waals surface area contributed by atoms with Crippen molar-refractivity contribution in [2.24, 2.45) is 0 Å². The number of hydrogen-bond donors (Lipinski definition) is 1. The monoisotopic (exact) mass is 500 g/mol. The molecule has 2 saturated heterocycles. The van der Waals surface area contributed by atoms with Crippen molar-refractivity contribution >= 4 is 27.2 Å². The SMILES string of the molecule is Cc1c(Nc2ccc(S(C)(=O)=O)cc2F)ncnc1N1C2CCC1CC(c1nc(C(C)C)no1)C2. The lowest BCUT2D eigenvalue weighted by atomic mass is 9.90. The maximum Gasteiger partial charge on any atom is 0.229 e. The highest BCUT2D eigenvalue weighted by molar-refractivity contribution is 7.90. The summed E-state index contributed by atoms with van der Waals surface area (Å²) in [5.74, 6) is 2.58. The molecule has 3 aromatic rings. The highest BCUT2D eigenvalue weighted by Crippen LogP contribution is 2.45. The number of nitrogens with zero attached hydrogens (tertiary/aromatic N) is 5. The van der Waals surface area contributed by atoms with Crippen molar-refractivity contribution in [1.82, 2.24) is 20.1 Å². The minimum absolute atomic E-state index is 0.0677. The number of aromatic nitrogens is 4. The summed E-state index contributed by atoms with van der Waals surface area (Å²) in [6.45, 7) is 6.02. The molecule has 1 aromatic carbocycles. The Balaban J connectivity index is 1.37. The van der Waals surface area contributed by atoms with E-state index in [1.165, 1.54) is 18.5 Å². The average molecular weight is 501 g/mol. The molecule has 35 heavy (non-hydrogen) atoms. The fraction of sp³-hybridized carbons (Fsp3) is 0.500. The number of sulfone groups is 1. The van der Waals surface area contributed by atoms with Crippen LogP contribution in [0.5, 0.6) is 0 Å². The van der Waals surface area contributed by atoms with Crippen LogP contribution in [0.4, 0.5) is 21.7 Å². The zero-order valence-corrected chi connectivity index (χ0v) is 21.0. The van der Waals surface area contributed by atoms with Crippen LogP contribution in [-0.2, 0) is 9.84 Å². The third-order valence-electron chi connectivity index (χ3n) is 6.98. The van der Waals surface area contributed by atoms with Gasteiger partial charge in [-0.05, 0) is 50.8 Å². The summed E-state index contributed by atoms with van der Waals surface area (Å²) in [6, 6.07) is 4.40. The van der Waals surface area contributed by atoms with Crippen LogP contribution in [0.15, 0.2) is 33.9 Å². The Bertz CT molecular complexity index is 1350. The van der Waals surface area contributed by atoms with Crippen LogP contribution in [-0.4, -0.2) is 46.9 Å². The topological polar surface area (TPSA) is 114 Å². The Hall–Kier alpha value is -3.08. The first-order valence-corrected chi connectivity index (χ1v) is 13.7. The molecule has 2 unspecified atom stereocenters. The zero-order chi connectivity index (χ0) is 24.9. The molecule has 2 aromatic heterocycles. The standard InChI is InChI=1S/C24H29FN6O3S/c1-13(2)21-29-24(34-30-21)15-9-16-5-6-17(10-15)31(16)23-14(3)22(26-12-27-23)28-20-8-7-18(11-19(20)25)35(4,32)33/h7-8,11-13,15-17H,5-6,9-10H2,1-4H3,(H,26,27,28). The van der Waals surface area contributed by atoms with Crippen LogP contribution in [0.1, 0.15) is 68.6 Å². The van der Waals surface area contributed by atoms with Crippen molar-refractivity contribution < 1.29 is 17.3 Å². The molecule has 0 aliphatic carbocycles. The van der Waals surface area contributed by atoms with Crippen LogP contribution < -0.4 is 10.2 Å². The molecule has 0 spiro atoms. The van der Waals surface area contributed by atoms with E-state index in [2.05, 4.69) is 44.2 Å². The molecule has 2 bridgehead atoms. The van der Waals surface area contributed by atoms with Gasteiger partial charge in [-0.3, -0.25) is 0 Å². The summed E-state index contributed by atoms with van der Waals surface area (Å²) in [5.41, 5.74) is 0.971.